The van der Waals surface area contributed by atoms with Crippen LogP contribution in [0.25, 0.3) is 0 Å². The first kappa shape index (κ1) is 14.9. The van der Waals surface area contributed by atoms with E-state index in [0.717, 1.165) is 36.0 Å². The first-order valence-electron chi connectivity index (χ1n) is 7.31. The van der Waals surface area contributed by atoms with E-state index in [4.69, 9.17) is 9.84 Å². The SMILES string of the molecule is O=C(O)COC1(c2ccncc2Br)C2CCCC1CNC2. The van der Waals surface area contributed by atoms with E-state index < -0.39 is 11.6 Å². The molecule has 0 radical (unpaired) electrons. The fourth-order valence-corrected chi connectivity index (χ4v) is 4.50. The number of carbonyl (C=O) groups is 1. The van der Waals surface area contributed by atoms with Crippen LogP contribution in [-0.2, 0) is 15.1 Å². The second-order valence-corrected chi connectivity index (χ2v) is 6.67. The largest absolute Gasteiger partial charge is 0.480 e. The van der Waals surface area contributed by atoms with Gasteiger partial charge in [-0.25, -0.2) is 4.79 Å². The molecule has 1 aromatic heterocycles. The maximum Gasteiger partial charge on any atom is 0.329 e. The summed E-state index contributed by atoms with van der Waals surface area (Å²) < 4.78 is 6.97. The molecule has 0 aromatic carbocycles. The fourth-order valence-electron chi connectivity index (χ4n) is 3.94. The van der Waals surface area contributed by atoms with Gasteiger partial charge in [0.15, 0.2) is 0 Å². The van der Waals surface area contributed by atoms with Gasteiger partial charge < -0.3 is 15.2 Å². The average molecular weight is 355 g/mol. The zero-order chi connectivity index (χ0) is 14.9. The molecule has 3 rings (SSSR count). The number of nitrogens with zero attached hydrogens (tertiary/aromatic N) is 1. The second-order valence-electron chi connectivity index (χ2n) is 5.81. The molecule has 1 saturated heterocycles. The van der Waals surface area contributed by atoms with Crippen LogP contribution in [-0.4, -0.2) is 35.8 Å². The summed E-state index contributed by atoms with van der Waals surface area (Å²) in [6.45, 7) is 1.47. The summed E-state index contributed by atoms with van der Waals surface area (Å²) in [6.07, 6.45) is 6.80. The molecule has 21 heavy (non-hydrogen) atoms. The highest BCUT2D eigenvalue weighted by atomic mass is 79.9. The number of aliphatic carboxylic acids is 1. The normalized spacial score (nSPS) is 31.9. The highest BCUT2D eigenvalue weighted by Gasteiger charge is 2.52. The van der Waals surface area contributed by atoms with Gasteiger partial charge in [-0.1, -0.05) is 6.42 Å². The summed E-state index contributed by atoms with van der Waals surface area (Å²) >= 11 is 3.57. The molecule has 1 saturated carbocycles. The number of rotatable bonds is 4. The minimum atomic E-state index is -0.920. The molecule has 1 aliphatic carbocycles. The molecule has 2 N–H and O–H groups in total. The molecule has 2 atom stereocenters. The highest BCUT2D eigenvalue weighted by molar-refractivity contribution is 9.10. The van der Waals surface area contributed by atoms with Gasteiger partial charge in [0.25, 0.3) is 0 Å². The third kappa shape index (κ3) is 2.60. The molecule has 0 amide bonds. The van der Waals surface area contributed by atoms with Crippen molar-refractivity contribution in [3.05, 3.63) is 28.5 Å². The number of pyridine rings is 1. The summed E-state index contributed by atoms with van der Waals surface area (Å²) in [5.74, 6) is -0.331. The van der Waals surface area contributed by atoms with Gasteiger partial charge in [0, 0.05) is 47.4 Å². The van der Waals surface area contributed by atoms with Gasteiger partial charge in [-0.05, 0) is 34.8 Å². The summed E-state index contributed by atoms with van der Waals surface area (Å²) in [4.78, 5) is 15.2. The standard InChI is InChI=1S/C15H19BrN2O3/c16-13-8-17-5-4-12(13)15(21-9-14(19)20)10-2-1-3-11(15)7-18-6-10/h4-5,8,10-11,18H,1-3,6-7,9H2,(H,19,20). The monoisotopic (exact) mass is 354 g/mol. The number of piperidine rings is 1. The van der Waals surface area contributed by atoms with Gasteiger partial charge in [-0.15, -0.1) is 0 Å². The summed E-state index contributed by atoms with van der Waals surface area (Å²) in [7, 11) is 0. The second kappa shape index (κ2) is 6.02. The van der Waals surface area contributed by atoms with Crippen LogP contribution < -0.4 is 5.32 Å². The molecule has 2 heterocycles. The lowest BCUT2D eigenvalue weighted by Crippen LogP contribution is -2.58. The Bertz CT molecular complexity index is 515. The van der Waals surface area contributed by atoms with Crippen molar-refractivity contribution in [2.75, 3.05) is 19.7 Å². The van der Waals surface area contributed by atoms with Gasteiger partial charge in [0.1, 0.15) is 12.2 Å². The van der Waals surface area contributed by atoms with Crippen LogP contribution in [0.1, 0.15) is 24.8 Å². The zero-order valence-electron chi connectivity index (χ0n) is 11.7. The van der Waals surface area contributed by atoms with Crippen LogP contribution in [0.15, 0.2) is 22.9 Å². The van der Waals surface area contributed by atoms with E-state index in [2.05, 4.69) is 26.2 Å². The van der Waals surface area contributed by atoms with Crippen molar-refractivity contribution in [3.8, 4) is 0 Å². The van der Waals surface area contributed by atoms with Crippen molar-refractivity contribution in [3.63, 3.8) is 0 Å². The van der Waals surface area contributed by atoms with Crippen molar-refractivity contribution in [2.24, 2.45) is 11.8 Å². The average Bonchev–Trinajstić information content (AvgIpc) is 2.45. The lowest BCUT2D eigenvalue weighted by atomic mass is 9.63. The molecule has 114 valence electrons. The molecule has 2 unspecified atom stereocenters. The number of hydrogen-bond donors (Lipinski definition) is 2. The van der Waals surface area contributed by atoms with Gasteiger partial charge >= 0.3 is 5.97 Å². The molecule has 1 aromatic rings. The Labute approximate surface area is 132 Å². The number of ether oxygens (including phenoxy) is 1. The fraction of sp³-hybridized carbons (Fsp3) is 0.600. The first-order valence-corrected chi connectivity index (χ1v) is 8.10. The van der Waals surface area contributed by atoms with E-state index >= 15 is 0 Å². The molecule has 5 nitrogen and oxygen atoms in total. The Morgan fingerprint density at radius 1 is 1.48 bits per heavy atom. The number of fused-ring (bicyclic) bond motifs is 2. The van der Waals surface area contributed by atoms with E-state index in [1.165, 1.54) is 6.42 Å². The van der Waals surface area contributed by atoms with E-state index in [1.54, 1.807) is 12.4 Å². The Hall–Kier alpha value is -0.980. The van der Waals surface area contributed by atoms with Crippen LogP contribution in [0, 0.1) is 11.8 Å². The smallest absolute Gasteiger partial charge is 0.329 e. The number of carboxylic acids is 1. The van der Waals surface area contributed by atoms with E-state index in [1.807, 2.05) is 6.07 Å². The van der Waals surface area contributed by atoms with Gasteiger partial charge in [0.05, 0.1) is 0 Å². The molecule has 2 bridgehead atoms. The van der Waals surface area contributed by atoms with Gasteiger partial charge in [0.2, 0.25) is 0 Å². The molecule has 6 heteroatoms. The van der Waals surface area contributed by atoms with Crippen molar-refractivity contribution in [2.45, 2.75) is 24.9 Å². The minimum Gasteiger partial charge on any atom is -0.480 e. The Kier molecular flexibility index (Phi) is 4.28. The van der Waals surface area contributed by atoms with Crippen molar-refractivity contribution in [1.82, 2.24) is 10.3 Å². The lowest BCUT2D eigenvalue weighted by Gasteiger charge is -2.53. The molecule has 0 spiro atoms. The van der Waals surface area contributed by atoms with Crippen LogP contribution in [0.2, 0.25) is 0 Å². The van der Waals surface area contributed by atoms with Crippen LogP contribution in [0.5, 0.6) is 0 Å². The van der Waals surface area contributed by atoms with E-state index in [9.17, 15) is 4.79 Å². The van der Waals surface area contributed by atoms with Gasteiger partial charge in [-0.2, -0.15) is 0 Å². The third-order valence-corrected chi connectivity index (χ3v) is 5.36. The number of hydrogen-bond acceptors (Lipinski definition) is 4. The van der Waals surface area contributed by atoms with E-state index in [-0.39, 0.29) is 6.61 Å². The Morgan fingerprint density at radius 3 is 2.81 bits per heavy atom. The zero-order valence-corrected chi connectivity index (χ0v) is 13.3. The van der Waals surface area contributed by atoms with Crippen molar-refractivity contribution in [1.29, 1.82) is 0 Å². The molecular formula is C15H19BrN2O3. The number of carboxylic acid groups (broad SMARTS) is 1. The maximum absolute atomic E-state index is 11.1. The number of halogens is 1. The first-order chi connectivity index (χ1) is 10.1. The predicted molar refractivity (Wildman–Crippen MR) is 80.9 cm³/mol. The summed E-state index contributed by atoms with van der Waals surface area (Å²) in [5, 5.41) is 12.5. The maximum atomic E-state index is 11.1. The van der Waals surface area contributed by atoms with Crippen LogP contribution >= 0.6 is 15.9 Å². The summed E-state index contributed by atoms with van der Waals surface area (Å²) in [6, 6.07) is 1.96. The quantitative estimate of drug-likeness (QED) is 0.866. The topological polar surface area (TPSA) is 71.5 Å². The highest BCUT2D eigenvalue weighted by Crippen LogP contribution is 2.51. The molecule has 1 aliphatic heterocycles. The summed E-state index contributed by atoms with van der Waals surface area (Å²) in [5.41, 5.74) is 0.513. The Balaban J connectivity index is 2.06. The molecule has 2 fully saturated rings. The molecule has 2 aliphatic rings. The number of nitrogens with one attached hydrogen (secondary N) is 1. The van der Waals surface area contributed by atoms with Crippen molar-refractivity contribution < 1.29 is 14.6 Å². The van der Waals surface area contributed by atoms with Crippen molar-refractivity contribution >= 4 is 21.9 Å². The Morgan fingerprint density at radius 2 is 2.19 bits per heavy atom. The van der Waals surface area contributed by atoms with Crippen LogP contribution in [0.4, 0.5) is 0 Å². The van der Waals surface area contributed by atoms with Gasteiger partial charge in [-0.3, -0.25) is 4.98 Å². The van der Waals surface area contributed by atoms with E-state index in [0.29, 0.717) is 11.8 Å². The predicted octanol–water partition coefficient (Wildman–Crippen LogP) is 2.16. The number of aromatic nitrogens is 1. The van der Waals surface area contributed by atoms with Crippen LogP contribution in [0.3, 0.4) is 0 Å². The minimum absolute atomic E-state index is 0.262. The molecular weight excluding hydrogens is 336 g/mol. The lowest BCUT2D eigenvalue weighted by molar-refractivity contribution is -0.181. The third-order valence-electron chi connectivity index (χ3n) is 4.73.